The number of hydrogen-bond donors (Lipinski definition) is 1. The molecule has 2 aromatic heterocycles. The summed E-state index contributed by atoms with van der Waals surface area (Å²) in [7, 11) is 1.78. The Bertz CT molecular complexity index is 622. The number of amides is 1. The normalized spacial score (nSPS) is 10.9. The number of rotatable bonds is 5. The largest absolute Gasteiger partial charge is 0.382 e. The minimum absolute atomic E-state index is 0.0128. The zero-order chi connectivity index (χ0) is 15.6. The van der Waals surface area contributed by atoms with E-state index >= 15 is 0 Å². The summed E-state index contributed by atoms with van der Waals surface area (Å²) in [5.41, 5.74) is 8.58. The Hall–Kier alpha value is -2.31. The Morgan fingerprint density at radius 2 is 2.00 bits per heavy atom. The molecule has 0 spiro atoms. The lowest BCUT2D eigenvalue weighted by Crippen LogP contribution is -2.30. The smallest absolute Gasteiger partial charge is 0.244 e. The summed E-state index contributed by atoms with van der Waals surface area (Å²) >= 11 is 0. The molecule has 2 aromatic rings. The molecule has 114 valence electrons. The zero-order valence-corrected chi connectivity index (χ0v) is 13.0. The average Bonchev–Trinajstić information content (AvgIpc) is 2.93. The third-order valence-corrected chi connectivity index (χ3v) is 3.49. The van der Waals surface area contributed by atoms with Crippen LogP contribution in [0.5, 0.6) is 0 Å². The molecule has 0 saturated carbocycles. The average molecular weight is 290 g/mol. The first-order valence-corrected chi connectivity index (χ1v) is 6.97. The van der Waals surface area contributed by atoms with Gasteiger partial charge in [-0.05, 0) is 20.8 Å². The second kappa shape index (κ2) is 5.99. The molecule has 2 N–H and O–H groups in total. The summed E-state index contributed by atoms with van der Waals surface area (Å²) in [6.45, 7) is 7.42. The fourth-order valence-corrected chi connectivity index (χ4v) is 2.10. The minimum Gasteiger partial charge on any atom is -0.382 e. The summed E-state index contributed by atoms with van der Waals surface area (Å²) < 4.78 is 3.45. The van der Waals surface area contributed by atoms with Crippen molar-refractivity contribution in [2.45, 2.75) is 40.4 Å². The van der Waals surface area contributed by atoms with Gasteiger partial charge in [0.15, 0.2) is 0 Å². The van der Waals surface area contributed by atoms with Gasteiger partial charge in [-0.1, -0.05) is 0 Å². The van der Waals surface area contributed by atoms with Gasteiger partial charge in [-0.3, -0.25) is 14.2 Å². The van der Waals surface area contributed by atoms with Crippen LogP contribution in [-0.4, -0.2) is 37.4 Å². The van der Waals surface area contributed by atoms with Gasteiger partial charge in [0, 0.05) is 43.7 Å². The van der Waals surface area contributed by atoms with Gasteiger partial charge in [0.1, 0.15) is 12.4 Å². The van der Waals surface area contributed by atoms with Crippen LogP contribution in [0.25, 0.3) is 0 Å². The van der Waals surface area contributed by atoms with Crippen molar-refractivity contribution in [3.63, 3.8) is 0 Å². The van der Waals surface area contributed by atoms with Crippen LogP contribution in [-0.2, 0) is 24.4 Å². The number of hydrogen-bond acceptors (Lipinski definition) is 4. The lowest BCUT2D eigenvalue weighted by atomic mass is 10.2. The highest BCUT2D eigenvalue weighted by Crippen LogP contribution is 2.10. The van der Waals surface area contributed by atoms with Crippen LogP contribution in [0.1, 0.15) is 23.7 Å². The third kappa shape index (κ3) is 3.42. The molecule has 21 heavy (non-hydrogen) atoms. The predicted molar refractivity (Wildman–Crippen MR) is 80.5 cm³/mol. The van der Waals surface area contributed by atoms with Crippen molar-refractivity contribution in [2.24, 2.45) is 0 Å². The standard InChI is InChI=1S/C14H22N6O/c1-5-19-8-12(11(3)16-19)7-18(4)13(21)9-20-6-10(2)14(15)17-20/h6,8H,5,7,9H2,1-4H3,(H2,15,17). The van der Waals surface area contributed by atoms with Crippen LogP contribution >= 0.6 is 0 Å². The van der Waals surface area contributed by atoms with Crippen molar-refractivity contribution in [3.05, 3.63) is 29.2 Å². The second-order valence-corrected chi connectivity index (χ2v) is 5.24. The van der Waals surface area contributed by atoms with Gasteiger partial charge in [0.2, 0.25) is 5.91 Å². The maximum absolute atomic E-state index is 12.2. The lowest BCUT2D eigenvalue weighted by Gasteiger charge is -2.16. The van der Waals surface area contributed by atoms with E-state index in [1.807, 2.05) is 31.6 Å². The Kier molecular flexibility index (Phi) is 4.30. The lowest BCUT2D eigenvalue weighted by molar-refractivity contribution is -0.131. The molecule has 0 radical (unpaired) electrons. The van der Waals surface area contributed by atoms with Gasteiger partial charge in [0.05, 0.1) is 5.69 Å². The molecule has 0 aliphatic heterocycles. The summed E-state index contributed by atoms with van der Waals surface area (Å²) in [6, 6.07) is 0. The first-order valence-electron chi connectivity index (χ1n) is 6.97. The number of aromatic nitrogens is 4. The molecule has 0 fully saturated rings. The number of carbonyl (C=O) groups is 1. The molecule has 0 aromatic carbocycles. The highest BCUT2D eigenvalue weighted by atomic mass is 16.2. The first-order chi connectivity index (χ1) is 9.90. The van der Waals surface area contributed by atoms with Gasteiger partial charge < -0.3 is 10.6 Å². The molecule has 0 saturated heterocycles. The highest BCUT2D eigenvalue weighted by Gasteiger charge is 2.14. The molecule has 7 nitrogen and oxygen atoms in total. The molecule has 1 amide bonds. The van der Waals surface area contributed by atoms with E-state index in [-0.39, 0.29) is 12.5 Å². The van der Waals surface area contributed by atoms with E-state index in [1.165, 1.54) is 0 Å². The van der Waals surface area contributed by atoms with Crippen LogP contribution in [0.3, 0.4) is 0 Å². The number of carbonyl (C=O) groups excluding carboxylic acids is 1. The monoisotopic (exact) mass is 290 g/mol. The van der Waals surface area contributed by atoms with E-state index in [0.29, 0.717) is 12.4 Å². The van der Waals surface area contributed by atoms with Gasteiger partial charge in [-0.15, -0.1) is 0 Å². The maximum atomic E-state index is 12.2. The number of nitrogens with zero attached hydrogens (tertiary/aromatic N) is 5. The summed E-state index contributed by atoms with van der Waals surface area (Å²) in [5.74, 6) is 0.451. The zero-order valence-electron chi connectivity index (χ0n) is 13.0. The Morgan fingerprint density at radius 3 is 2.52 bits per heavy atom. The minimum atomic E-state index is -0.0128. The van der Waals surface area contributed by atoms with Gasteiger partial charge in [0.25, 0.3) is 0 Å². The summed E-state index contributed by atoms with van der Waals surface area (Å²) in [6.07, 6.45) is 3.76. The topological polar surface area (TPSA) is 82.0 Å². The number of nitrogens with two attached hydrogens (primary N) is 1. The van der Waals surface area contributed by atoms with Crippen molar-refractivity contribution in [3.8, 4) is 0 Å². The summed E-state index contributed by atoms with van der Waals surface area (Å²) in [5, 5.41) is 8.49. The molecule has 0 bridgehead atoms. The fraction of sp³-hybridized carbons (Fsp3) is 0.500. The molecule has 0 aliphatic rings. The van der Waals surface area contributed by atoms with E-state index in [4.69, 9.17) is 5.73 Å². The molecule has 2 rings (SSSR count). The molecule has 2 heterocycles. The number of nitrogen functional groups attached to an aromatic ring is 1. The molecular formula is C14H22N6O. The molecule has 0 unspecified atom stereocenters. The van der Waals surface area contributed by atoms with E-state index in [9.17, 15) is 4.79 Å². The Balaban J connectivity index is 2.00. The molecule has 0 aliphatic carbocycles. The van der Waals surface area contributed by atoms with Crippen LogP contribution in [0, 0.1) is 13.8 Å². The van der Waals surface area contributed by atoms with Gasteiger partial charge >= 0.3 is 0 Å². The number of likely N-dealkylation sites (N-methyl/N-ethyl adjacent to an activating group) is 1. The maximum Gasteiger partial charge on any atom is 0.244 e. The predicted octanol–water partition coefficient (Wildman–Crippen LogP) is 0.957. The second-order valence-electron chi connectivity index (χ2n) is 5.24. The fourth-order valence-electron chi connectivity index (χ4n) is 2.10. The van der Waals surface area contributed by atoms with E-state index < -0.39 is 0 Å². The van der Waals surface area contributed by atoms with E-state index in [1.54, 1.807) is 22.8 Å². The van der Waals surface area contributed by atoms with Crippen LogP contribution < -0.4 is 5.73 Å². The Morgan fingerprint density at radius 1 is 1.29 bits per heavy atom. The highest BCUT2D eigenvalue weighted by molar-refractivity contribution is 5.75. The third-order valence-electron chi connectivity index (χ3n) is 3.49. The Labute approximate surface area is 124 Å². The van der Waals surface area contributed by atoms with Gasteiger partial charge in [-0.2, -0.15) is 10.2 Å². The van der Waals surface area contributed by atoms with Crippen LogP contribution in [0.4, 0.5) is 5.82 Å². The van der Waals surface area contributed by atoms with E-state index in [0.717, 1.165) is 23.4 Å². The van der Waals surface area contributed by atoms with Crippen molar-refractivity contribution >= 4 is 11.7 Å². The molecule has 0 atom stereocenters. The SMILES string of the molecule is CCn1cc(CN(C)C(=O)Cn2cc(C)c(N)n2)c(C)n1. The molecular weight excluding hydrogens is 268 g/mol. The van der Waals surface area contributed by atoms with Crippen molar-refractivity contribution in [2.75, 3.05) is 12.8 Å². The molecule has 7 heteroatoms. The summed E-state index contributed by atoms with van der Waals surface area (Å²) in [4.78, 5) is 13.9. The van der Waals surface area contributed by atoms with Crippen molar-refractivity contribution in [1.82, 2.24) is 24.5 Å². The first kappa shape index (κ1) is 15.1. The van der Waals surface area contributed by atoms with Crippen molar-refractivity contribution in [1.29, 1.82) is 0 Å². The number of anilines is 1. The van der Waals surface area contributed by atoms with Crippen LogP contribution in [0.2, 0.25) is 0 Å². The number of aryl methyl sites for hydroxylation is 3. The quantitative estimate of drug-likeness (QED) is 0.889. The van der Waals surface area contributed by atoms with Gasteiger partial charge in [-0.25, -0.2) is 0 Å². The van der Waals surface area contributed by atoms with Crippen LogP contribution in [0.15, 0.2) is 12.4 Å². The van der Waals surface area contributed by atoms with E-state index in [2.05, 4.69) is 10.2 Å². The van der Waals surface area contributed by atoms with Crippen molar-refractivity contribution < 1.29 is 4.79 Å².